The van der Waals surface area contributed by atoms with Crippen molar-refractivity contribution in [3.63, 3.8) is 0 Å². The largest absolute Gasteiger partial charge is 0.301 e. The van der Waals surface area contributed by atoms with Gasteiger partial charge in [-0.3, -0.25) is 9.89 Å². The zero-order chi connectivity index (χ0) is 16.1. The number of aromatic nitrogens is 4. The lowest BCUT2D eigenvalue weighted by Gasteiger charge is -1.98. The Bertz CT molecular complexity index is 765. The summed E-state index contributed by atoms with van der Waals surface area (Å²) in [6, 6.07) is 7.81. The molecule has 0 atom stereocenters. The highest BCUT2D eigenvalue weighted by Gasteiger charge is 2.10. The third-order valence-electron chi connectivity index (χ3n) is 3.15. The van der Waals surface area contributed by atoms with Crippen LogP contribution in [0.5, 0.6) is 0 Å². The molecule has 0 aliphatic carbocycles. The molecule has 1 amide bonds. The molecule has 2 N–H and O–H groups in total. The van der Waals surface area contributed by atoms with E-state index in [2.05, 4.69) is 32.4 Å². The Labute approximate surface area is 142 Å². The lowest BCUT2D eigenvalue weighted by Crippen LogP contribution is -2.13. The van der Waals surface area contributed by atoms with Gasteiger partial charge >= 0.3 is 0 Å². The summed E-state index contributed by atoms with van der Waals surface area (Å²) in [4.78, 5) is 20.8. The number of rotatable bonds is 7. The summed E-state index contributed by atoms with van der Waals surface area (Å²) in [5, 5.41) is 11.1. The second-order valence-corrected chi connectivity index (χ2v) is 6.96. The highest BCUT2D eigenvalue weighted by molar-refractivity contribution is 7.99. The standard InChI is InChI=1S/C15H17N5OS2/c1-2-3-8-12-17-15(20-19-12)22-9-13(21)18-14-16-10-6-4-5-7-11(10)23-14/h4-7H,2-3,8-9H2,1H3,(H,16,18,21)(H,17,19,20). The molecule has 3 rings (SSSR count). The predicted molar refractivity (Wildman–Crippen MR) is 94.0 cm³/mol. The zero-order valence-corrected chi connectivity index (χ0v) is 14.3. The first-order valence-corrected chi connectivity index (χ1v) is 9.24. The van der Waals surface area contributed by atoms with Gasteiger partial charge in [0, 0.05) is 6.42 Å². The molecule has 6 nitrogen and oxygen atoms in total. The van der Waals surface area contributed by atoms with Gasteiger partial charge in [-0.1, -0.05) is 48.6 Å². The van der Waals surface area contributed by atoms with Gasteiger partial charge in [0.05, 0.1) is 16.0 Å². The maximum Gasteiger partial charge on any atom is 0.236 e. The molecule has 0 aliphatic rings. The van der Waals surface area contributed by atoms with Crippen LogP contribution < -0.4 is 5.32 Å². The number of fused-ring (bicyclic) bond motifs is 1. The lowest BCUT2D eigenvalue weighted by molar-refractivity contribution is -0.113. The first-order chi connectivity index (χ1) is 11.2. The number of H-pyrrole nitrogens is 1. The van der Waals surface area contributed by atoms with Crippen molar-refractivity contribution < 1.29 is 4.79 Å². The number of hydrogen-bond donors (Lipinski definition) is 2. The molecule has 120 valence electrons. The van der Waals surface area contributed by atoms with Crippen LogP contribution in [-0.4, -0.2) is 31.8 Å². The number of amides is 1. The maximum absolute atomic E-state index is 12.0. The normalized spacial score (nSPS) is 11.0. The molecule has 0 aliphatic heterocycles. The number of thioether (sulfide) groups is 1. The molecule has 0 saturated heterocycles. The van der Waals surface area contributed by atoms with E-state index in [0.717, 1.165) is 35.3 Å². The molecule has 0 spiro atoms. The molecule has 3 aromatic rings. The molecule has 8 heteroatoms. The van der Waals surface area contributed by atoms with Crippen LogP contribution >= 0.6 is 23.1 Å². The van der Waals surface area contributed by atoms with Crippen molar-refractivity contribution in [1.82, 2.24) is 20.2 Å². The van der Waals surface area contributed by atoms with Crippen LogP contribution in [0.2, 0.25) is 0 Å². The van der Waals surface area contributed by atoms with E-state index in [-0.39, 0.29) is 11.7 Å². The Morgan fingerprint density at radius 1 is 1.35 bits per heavy atom. The summed E-state index contributed by atoms with van der Waals surface area (Å²) in [6.45, 7) is 2.14. The van der Waals surface area contributed by atoms with Gasteiger partial charge in [-0.05, 0) is 18.6 Å². The number of anilines is 1. The molecule has 0 unspecified atom stereocenters. The van der Waals surface area contributed by atoms with Crippen LogP contribution in [-0.2, 0) is 11.2 Å². The van der Waals surface area contributed by atoms with Gasteiger partial charge in [-0.25, -0.2) is 9.97 Å². The second-order valence-electron chi connectivity index (χ2n) is 4.99. The quantitative estimate of drug-likeness (QED) is 0.639. The van der Waals surface area contributed by atoms with Crippen molar-refractivity contribution in [1.29, 1.82) is 0 Å². The Balaban J connectivity index is 1.52. The summed E-state index contributed by atoms with van der Waals surface area (Å²) in [5.74, 6) is 1.04. The minimum absolute atomic E-state index is 0.103. The first kappa shape index (κ1) is 15.9. The minimum atomic E-state index is -0.103. The van der Waals surface area contributed by atoms with Crippen molar-refractivity contribution in [3.05, 3.63) is 30.1 Å². The minimum Gasteiger partial charge on any atom is -0.301 e. The first-order valence-electron chi connectivity index (χ1n) is 7.44. The van der Waals surface area contributed by atoms with E-state index in [1.165, 1.54) is 23.1 Å². The number of hydrogen-bond acceptors (Lipinski definition) is 6. The van der Waals surface area contributed by atoms with Gasteiger partial charge in [-0.2, -0.15) is 0 Å². The molecular weight excluding hydrogens is 330 g/mol. The van der Waals surface area contributed by atoms with Gasteiger partial charge in [0.25, 0.3) is 0 Å². The van der Waals surface area contributed by atoms with Crippen molar-refractivity contribution >= 4 is 44.4 Å². The molecular formula is C15H17N5OS2. The van der Waals surface area contributed by atoms with E-state index in [9.17, 15) is 4.79 Å². The number of nitrogens with one attached hydrogen (secondary N) is 2. The molecule has 2 aromatic heterocycles. The average molecular weight is 347 g/mol. The smallest absolute Gasteiger partial charge is 0.236 e. The summed E-state index contributed by atoms with van der Waals surface area (Å²) in [7, 11) is 0. The second kappa shape index (κ2) is 7.56. The summed E-state index contributed by atoms with van der Waals surface area (Å²) >= 11 is 2.79. The molecule has 0 saturated carbocycles. The number of aromatic amines is 1. The van der Waals surface area contributed by atoms with Crippen LogP contribution in [0.3, 0.4) is 0 Å². The number of benzene rings is 1. The van der Waals surface area contributed by atoms with Crippen molar-refractivity contribution in [2.24, 2.45) is 0 Å². The van der Waals surface area contributed by atoms with Crippen molar-refractivity contribution in [2.45, 2.75) is 31.3 Å². The molecule has 2 heterocycles. The van der Waals surface area contributed by atoms with Gasteiger partial charge in [0.15, 0.2) is 5.13 Å². The van der Waals surface area contributed by atoms with Crippen molar-refractivity contribution in [2.75, 3.05) is 11.1 Å². The fourth-order valence-corrected chi connectivity index (χ4v) is 3.51. The van der Waals surface area contributed by atoms with Gasteiger partial charge in [-0.15, -0.1) is 5.10 Å². The molecule has 0 radical (unpaired) electrons. The van der Waals surface area contributed by atoms with E-state index in [1.807, 2.05) is 24.3 Å². The topological polar surface area (TPSA) is 83.6 Å². The number of unbranched alkanes of at least 4 members (excludes halogenated alkanes) is 1. The third kappa shape index (κ3) is 4.29. The fraction of sp³-hybridized carbons (Fsp3) is 0.333. The average Bonchev–Trinajstić information content (AvgIpc) is 3.16. The number of carbonyl (C=O) groups is 1. The summed E-state index contributed by atoms with van der Waals surface area (Å²) in [5.41, 5.74) is 0.898. The van der Waals surface area contributed by atoms with E-state index in [1.54, 1.807) is 0 Å². The van der Waals surface area contributed by atoms with Gasteiger partial charge in [0.2, 0.25) is 11.1 Å². The van der Waals surface area contributed by atoms with E-state index < -0.39 is 0 Å². The molecule has 23 heavy (non-hydrogen) atoms. The molecule has 1 aromatic carbocycles. The van der Waals surface area contributed by atoms with Crippen LogP contribution in [0.1, 0.15) is 25.6 Å². The van der Waals surface area contributed by atoms with Crippen LogP contribution in [0.15, 0.2) is 29.4 Å². The van der Waals surface area contributed by atoms with Crippen LogP contribution in [0.25, 0.3) is 10.2 Å². The van der Waals surface area contributed by atoms with Crippen molar-refractivity contribution in [3.8, 4) is 0 Å². The monoisotopic (exact) mass is 347 g/mol. The van der Waals surface area contributed by atoms with E-state index in [0.29, 0.717) is 10.3 Å². The zero-order valence-electron chi connectivity index (χ0n) is 12.7. The molecule has 0 fully saturated rings. The predicted octanol–water partition coefficient (Wildman–Crippen LogP) is 3.49. The number of carbonyl (C=O) groups excluding carboxylic acids is 1. The number of aryl methyl sites for hydroxylation is 1. The highest BCUT2D eigenvalue weighted by Crippen LogP contribution is 2.25. The number of nitrogens with zero attached hydrogens (tertiary/aromatic N) is 3. The lowest BCUT2D eigenvalue weighted by atomic mass is 10.2. The Hall–Kier alpha value is -1.93. The van der Waals surface area contributed by atoms with E-state index >= 15 is 0 Å². The third-order valence-corrected chi connectivity index (χ3v) is 4.95. The SMILES string of the molecule is CCCCc1nc(SCC(=O)Nc2nc3ccccc3s2)n[nH]1. The Kier molecular flexibility index (Phi) is 5.24. The Morgan fingerprint density at radius 3 is 3.04 bits per heavy atom. The van der Waals surface area contributed by atoms with E-state index in [4.69, 9.17) is 0 Å². The van der Waals surface area contributed by atoms with Gasteiger partial charge in [0.1, 0.15) is 5.82 Å². The summed E-state index contributed by atoms with van der Waals surface area (Å²) in [6.07, 6.45) is 3.09. The number of thiazole rings is 1. The van der Waals surface area contributed by atoms with Gasteiger partial charge < -0.3 is 5.32 Å². The molecule has 0 bridgehead atoms. The fourth-order valence-electron chi connectivity index (χ4n) is 2.01. The van der Waals surface area contributed by atoms with Crippen LogP contribution in [0.4, 0.5) is 5.13 Å². The van der Waals surface area contributed by atoms with Crippen LogP contribution in [0, 0.1) is 0 Å². The number of para-hydroxylation sites is 1. The highest BCUT2D eigenvalue weighted by atomic mass is 32.2. The maximum atomic E-state index is 12.0. The Morgan fingerprint density at radius 2 is 2.22 bits per heavy atom. The summed E-state index contributed by atoms with van der Waals surface area (Å²) < 4.78 is 1.06.